The van der Waals surface area contributed by atoms with Gasteiger partial charge in [-0.3, -0.25) is 0 Å². The second-order valence-corrected chi connectivity index (χ2v) is 5.76. The average molecular weight is 316 g/mol. The van der Waals surface area contributed by atoms with E-state index in [-0.39, 0.29) is 6.03 Å². The molecule has 0 aliphatic rings. The number of carbonyl (C=O) groups is 1. The van der Waals surface area contributed by atoms with Crippen molar-refractivity contribution in [2.24, 2.45) is 0 Å². The van der Waals surface area contributed by atoms with E-state index in [0.717, 1.165) is 12.1 Å². The van der Waals surface area contributed by atoms with Crippen LogP contribution in [0.1, 0.15) is 43.5 Å². The molecule has 0 fully saturated rings. The van der Waals surface area contributed by atoms with Crippen molar-refractivity contribution < 1.29 is 9.32 Å². The normalized spacial score (nSPS) is 12.0. The zero-order valence-electron chi connectivity index (χ0n) is 14.2. The molecule has 0 aliphatic carbocycles. The number of anilines is 1. The summed E-state index contributed by atoms with van der Waals surface area (Å²) in [4.78, 5) is 17.9. The van der Waals surface area contributed by atoms with Gasteiger partial charge in [0.1, 0.15) is 0 Å². The van der Waals surface area contributed by atoms with E-state index in [9.17, 15) is 4.79 Å². The number of hydrogen-bond acceptors (Lipinski definition) is 4. The average Bonchev–Trinajstić information content (AvgIpc) is 2.98. The maximum atomic E-state index is 12.2. The van der Waals surface area contributed by atoms with Gasteiger partial charge >= 0.3 is 6.03 Å². The van der Waals surface area contributed by atoms with Crippen LogP contribution < -0.4 is 5.32 Å². The van der Waals surface area contributed by atoms with Crippen LogP contribution in [0.25, 0.3) is 0 Å². The number of likely N-dealkylation sites (N-methyl/N-ethyl adjacent to an activating group) is 1. The quantitative estimate of drug-likeness (QED) is 0.884. The molecule has 6 heteroatoms. The van der Waals surface area contributed by atoms with E-state index in [1.165, 1.54) is 5.56 Å². The fourth-order valence-corrected chi connectivity index (χ4v) is 2.16. The van der Waals surface area contributed by atoms with Crippen molar-refractivity contribution in [1.82, 2.24) is 15.0 Å². The molecule has 0 spiro atoms. The number of carbonyl (C=O) groups excluding carboxylic acids is 1. The first-order valence-electron chi connectivity index (χ1n) is 7.90. The van der Waals surface area contributed by atoms with Gasteiger partial charge in [0.05, 0.1) is 0 Å². The lowest BCUT2D eigenvalue weighted by Crippen LogP contribution is -2.33. The number of aromatic nitrogens is 2. The van der Waals surface area contributed by atoms with Gasteiger partial charge in [-0.25, -0.2) is 4.79 Å². The SMILES string of the molecule is CC[C@@H](C)c1ccc(NC(=O)N(C)CCc2noc(C)n2)cc1. The zero-order chi connectivity index (χ0) is 16.8. The van der Waals surface area contributed by atoms with Crippen molar-refractivity contribution >= 4 is 11.7 Å². The molecule has 2 rings (SSSR count). The summed E-state index contributed by atoms with van der Waals surface area (Å²) in [5, 5.41) is 6.71. The van der Waals surface area contributed by atoms with Crippen molar-refractivity contribution in [3.8, 4) is 0 Å². The number of nitrogens with zero attached hydrogens (tertiary/aromatic N) is 3. The van der Waals surface area contributed by atoms with Crippen molar-refractivity contribution in [3.63, 3.8) is 0 Å². The van der Waals surface area contributed by atoms with Crippen molar-refractivity contribution in [1.29, 1.82) is 0 Å². The van der Waals surface area contributed by atoms with Crippen LogP contribution >= 0.6 is 0 Å². The topological polar surface area (TPSA) is 71.3 Å². The highest BCUT2D eigenvalue weighted by molar-refractivity contribution is 5.89. The van der Waals surface area contributed by atoms with Gasteiger partial charge in [0.25, 0.3) is 0 Å². The summed E-state index contributed by atoms with van der Waals surface area (Å²) in [7, 11) is 1.75. The molecule has 1 atom stereocenters. The van der Waals surface area contributed by atoms with Gasteiger partial charge in [-0.15, -0.1) is 0 Å². The smallest absolute Gasteiger partial charge is 0.321 e. The lowest BCUT2D eigenvalue weighted by molar-refractivity contribution is 0.222. The van der Waals surface area contributed by atoms with Crippen molar-refractivity contribution in [2.75, 3.05) is 18.9 Å². The molecule has 1 heterocycles. The summed E-state index contributed by atoms with van der Waals surface area (Å²) < 4.78 is 4.91. The van der Waals surface area contributed by atoms with Gasteiger partial charge < -0.3 is 14.7 Å². The Morgan fingerprint density at radius 3 is 2.61 bits per heavy atom. The molecule has 124 valence electrons. The molecule has 1 N–H and O–H groups in total. The fourth-order valence-electron chi connectivity index (χ4n) is 2.16. The highest BCUT2D eigenvalue weighted by Gasteiger charge is 2.11. The first kappa shape index (κ1) is 17.0. The molecule has 6 nitrogen and oxygen atoms in total. The van der Waals surface area contributed by atoms with Gasteiger partial charge in [0.15, 0.2) is 5.82 Å². The minimum absolute atomic E-state index is 0.151. The fraction of sp³-hybridized carbons (Fsp3) is 0.471. The standard InChI is InChI=1S/C17H24N4O2/c1-5-12(2)14-6-8-15(9-7-14)19-17(22)21(4)11-10-16-18-13(3)23-20-16/h6-9,12H,5,10-11H2,1-4H3,(H,19,22)/t12-/m1/s1. The molecule has 0 saturated carbocycles. The molecular weight excluding hydrogens is 292 g/mol. The summed E-state index contributed by atoms with van der Waals surface area (Å²) in [5.41, 5.74) is 2.08. The second kappa shape index (κ2) is 7.76. The molecule has 1 aromatic heterocycles. The molecule has 2 amide bonds. The first-order chi connectivity index (χ1) is 11.0. The van der Waals surface area contributed by atoms with Crippen LogP contribution in [0.5, 0.6) is 0 Å². The number of amides is 2. The maximum absolute atomic E-state index is 12.2. The van der Waals surface area contributed by atoms with E-state index in [2.05, 4.69) is 41.4 Å². The molecule has 1 aromatic carbocycles. The van der Waals surface area contributed by atoms with E-state index in [0.29, 0.717) is 30.6 Å². The van der Waals surface area contributed by atoms with Crippen LogP contribution in [0.15, 0.2) is 28.8 Å². The van der Waals surface area contributed by atoms with E-state index >= 15 is 0 Å². The molecule has 0 bridgehead atoms. The molecule has 0 radical (unpaired) electrons. The summed E-state index contributed by atoms with van der Waals surface area (Å²) in [5.74, 6) is 1.68. The zero-order valence-corrected chi connectivity index (χ0v) is 14.2. The van der Waals surface area contributed by atoms with E-state index in [1.807, 2.05) is 12.1 Å². The number of aryl methyl sites for hydroxylation is 1. The van der Waals surface area contributed by atoms with Gasteiger partial charge in [-0.05, 0) is 30.0 Å². The Morgan fingerprint density at radius 1 is 1.35 bits per heavy atom. The van der Waals surface area contributed by atoms with E-state index in [4.69, 9.17) is 4.52 Å². The molecule has 2 aromatic rings. The number of urea groups is 1. The van der Waals surface area contributed by atoms with Gasteiger partial charge in [0.2, 0.25) is 5.89 Å². The highest BCUT2D eigenvalue weighted by atomic mass is 16.5. The number of nitrogens with one attached hydrogen (secondary N) is 1. The molecule has 23 heavy (non-hydrogen) atoms. The van der Waals surface area contributed by atoms with Crippen LogP contribution in [-0.4, -0.2) is 34.7 Å². The highest BCUT2D eigenvalue weighted by Crippen LogP contribution is 2.20. The summed E-state index contributed by atoms with van der Waals surface area (Å²) >= 11 is 0. The predicted octanol–water partition coefficient (Wildman–Crippen LogP) is 3.60. The monoisotopic (exact) mass is 316 g/mol. The van der Waals surface area contributed by atoms with Gasteiger partial charge in [-0.2, -0.15) is 4.98 Å². The lowest BCUT2D eigenvalue weighted by atomic mass is 9.99. The molecule has 0 unspecified atom stereocenters. The Hall–Kier alpha value is -2.37. The third-order valence-electron chi connectivity index (χ3n) is 3.93. The Bertz CT molecular complexity index is 636. The first-order valence-corrected chi connectivity index (χ1v) is 7.90. The maximum Gasteiger partial charge on any atom is 0.321 e. The molecular formula is C17H24N4O2. The van der Waals surface area contributed by atoms with Crippen molar-refractivity contribution in [3.05, 3.63) is 41.5 Å². The third-order valence-corrected chi connectivity index (χ3v) is 3.93. The van der Waals surface area contributed by atoms with Crippen LogP contribution in [0.3, 0.4) is 0 Å². The number of hydrogen-bond donors (Lipinski definition) is 1. The largest absolute Gasteiger partial charge is 0.340 e. The summed E-state index contributed by atoms with van der Waals surface area (Å²) in [6.07, 6.45) is 1.66. The Morgan fingerprint density at radius 2 is 2.04 bits per heavy atom. The number of rotatable bonds is 6. The molecule has 0 aliphatic heterocycles. The Kier molecular flexibility index (Phi) is 5.73. The van der Waals surface area contributed by atoms with E-state index in [1.54, 1.807) is 18.9 Å². The minimum Gasteiger partial charge on any atom is -0.340 e. The van der Waals surface area contributed by atoms with Crippen LogP contribution in [0.2, 0.25) is 0 Å². The summed E-state index contributed by atoms with van der Waals surface area (Å²) in [6.45, 7) is 6.63. The van der Waals surface area contributed by atoms with Crippen LogP contribution in [0, 0.1) is 6.92 Å². The Labute approximate surface area is 136 Å². The van der Waals surface area contributed by atoms with E-state index < -0.39 is 0 Å². The summed E-state index contributed by atoms with van der Waals surface area (Å²) in [6, 6.07) is 7.85. The molecule has 0 saturated heterocycles. The van der Waals surface area contributed by atoms with Crippen LogP contribution in [0.4, 0.5) is 10.5 Å². The van der Waals surface area contributed by atoms with Crippen LogP contribution in [-0.2, 0) is 6.42 Å². The Balaban J connectivity index is 1.85. The minimum atomic E-state index is -0.151. The number of benzene rings is 1. The third kappa shape index (κ3) is 4.81. The lowest BCUT2D eigenvalue weighted by Gasteiger charge is -2.17. The van der Waals surface area contributed by atoms with Gasteiger partial charge in [-0.1, -0.05) is 31.1 Å². The second-order valence-electron chi connectivity index (χ2n) is 5.76. The van der Waals surface area contributed by atoms with Crippen molar-refractivity contribution in [2.45, 2.75) is 39.5 Å². The predicted molar refractivity (Wildman–Crippen MR) is 89.5 cm³/mol. The van der Waals surface area contributed by atoms with Gasteiger partial charge in [0, 0.05) is 32.6 Å².